The number of carbonyl (C=O) groups is 3. The number of nitrogens with one attached hydrogen (secondary N) is 1. The molecular formula is C17H20Cl2N2O4. The lowest BCUT2D eigenvalue weighted by atomic mass is 9.90. The van der Waals surface area contributed by atoms with Gasteiger partial charge in [-0.05, 0) is 31.4 Å². The summed E-state index contributed by atoms with van der Waals surface area (Å²) in [4.78, 5) is 37.7. The Hall–Kier alpha value is -1.79. The molecule has 8 heteroatoms. The zero-order valence-corrected chi connectivity index (χ0v) is 15.5. The summed E-state index contributed by atoms with van der Waals surface area (Å²) in [5.74, 6) is -2.23. The standard InChI is InChI=1S/C17H20Cl2N2O4/c1-9-6-11(17(24)25)8-21(7-9)16(23)10(2)20-15(22)12-4-3-5-13(18)14(12)19/h3-5,9-11H,6-8H2,1-2H3,(H,20,22)(H,24,25). The Kier molecular flexibility index (Phi) is 6.30. The third kappa shape index (κ3) is 4.64. The summed E-state index contributed by atoms with van der Waals surface area (Å²) in [6, 6.07) is 3.88. The van der Waals surface area contributed by atoms with Gasteiger partial charge in [-0.15, -0.1) is 0 Å². The first-order valence-corrected chi connectivity index (χ1v) is 8.72. The lowest BCUT2D eigenvalue weighted by Crippen LogP contribution is -2.52. The van der Waals surface area contributed by atoms with Crippen molar-refractivity contribution in [2.75, 3.05) is 13.1 Å². The molecule has 2 rings (SSSR count). The van der Waals surface area contributed by atoms with E-state index in [0.717, 1.165) is 0 Å². The second kappa shape index (κ2) is 8.06. The van der Waals surface area contributed by atoms with Crippen LogP contribution in [0.4, 0.5) is 0 Å². The highest BCUT2D eigenvalue weighted by atomic mass is 35.5. The number of likely N-dealkylation sites (tertiary alicyclic amines) is 1. The molecule has 0 aliphatic carbocycles. The van der Waals surface area contributed by atoms with E-state index in [1.54, 1.807) is 19.1 Å². The summed E-state index contributed by atoms with van der Waals surface area (Å²) in [7, 11) is 0. The molecule has 25 heavy (non-hydrogen) atoms. The summed E-state index contributed by atoms with van der Waals surface area (Å²) in [6.07, 6.45) is 0.540. The van der Waals surface area contributed by atoms with Gasteiger partial charge in [-0.25, -0.2) is 0 Å². The van der Waals surface area contributed by atoms with Crippen molar-refractivity contribution in [1.29, 1.82) is 0 Å². The Balaban J connectivity index is 2.05. The average molecular weight is 387 g/mol. The minimum atomic E-state index is -0.910. The number of piperidine rings is 1. The molecule has 0 bridgehead atoms. The second-order valence-electron chi connectivity index (χ2n) is 6.42. The number of nitrogens with zero attached hydrogens (tertiary/aromatic N) is 1. The summed E-state index contributed by atoms with van der Waals surface area (Å²) >= 11 is 11.9. The molecule has 3 atom stereocenters. The van der Waals surface area contributed by atoms with E-state index in [1.165, 1.54) is 11.0 Å². The van der Waals surface area contributed by atoms with Gasteiger partial charge in [-0.1, -0.05) is 36.2 Å². The molecule has 0 radical (unpaired) electrons. The van der Waals surface area contributed by atoms with Crippen LogP contribution in [0, 0.1) is 11.8 Å². The molecular weight excluding hydrogens is 367 g/mol. The van der Waals surface area contributed by atoms with Crippen LogP contribution in [0.3, 0.4) is 0 Å². The Bertz CT molecular complexity index is 695. The number of hydrogen-bond acceptors (Lipinski definition) is 3. The van der Waals surface area contributed by atoms with Gasteiger partial charge in [0.1, 0.15) is 6.04 Å². The van der Waals surface area contributed by atoms with Gasteiger partial charge in [0.15, 0.2) is 0 Å². The molecule has 0 spiro atoms. The molecule has 1 aromatic rings. The van der Waals surface area contributed by atoms with Gasteiger partial charge in [0.2, 0.25) is 5.91 Å². The lowest BCUT2D eigenvalue weighted by molar-refractivity contribution is -0.147. The average Bonchev–Trinajstić information content (AvgIpc) is 2.55. The minimum Gasteiger partial charge on any atom is -0.481 e. The quantitative estimate of drug-likeness (QED) is 0.832. The van der Waals surface area contributed by atoms with E-state index in [4.69, 9.17) is 23.2 Å². The van der Waals surface area contributed by atoms with Crippen LogP contribution in [-0.2, 0) is 9.59 Å². The highest BCUT2D eigenvalue weighted by molar-refractivity contribution is 6.43. The summed E-state index contributed by atoms with van der Waals surface area (Å²) in [6.45, 7) is 4.09. The van der Waals surface area contributed by atoms with E-state index in [0.29, 0.717) is 13.0 Å². The Morgan fingerprint density at radius 1 is 1.28 bits per heavy atom. The van der Waals surface area contributed by atoms with Crippen molar-refractivity contribution >= 4 is 41.0 Å². The van der Waals surface area contributed by atoms with Gasteiger partial charge in [-0.3, -0.25) is 14.4 Å². The predicted octanol–water partition coefficient (Wildman–Crippen LogP) is 2.68. The highest BCUT2D eigenvalue weighted by Gasteiger charge is 2.34. The number of rotatable bonds is 4. The molecule has 1 aliphatic heterocycles. The molecule has 1 saturated heterocycles. The molecule has 3 unspecified atom stereocenters. The van der Waals surface area contributed by atoms with E-state index >= 15 is 0 Å². The fourth-order valence-electron chi connectivity index (χ4n) is 3.00. The van der Waals surface area contributed by atoms with Crippen molar-refractivity contribution in [2.24, 2.45) is 11.8 Å². The molecule has 0 aromatic heterocycles. The number of hydrogen-bond donors (Lipinski definition) is 2. The van der Waals surface area contributed by atoms with Gasteiger partial charge in [0.05, 0.1) is 21.5 Å². The molecule has 1 aromatic carbocycles. The van der Waals surface area contributed by atoms with E-state index in [9.17, 15) is 19.5 Å². The fourth-order valence-corrected chi connectivity index (χ4v) is 3.39. The van der Waals surface area contributed by atoms with Crippen molar-refractivity contribution in [3.05, 3.63) is 33.8 Å². The van der Waals surface area contributed by atoms with Crippen LogP contribution in [-0.4, -0.2) is 46.9 Å². The maximum absolute atomic E-state index is 12.6. The number of amides is 2. The minimum absolute atomic E-state index is 0.0871. The number of carboxylic acid groups (broad SMARTS) is 1. The van der Waals surface area contributed by atoms with Crippen LogP contribution in [0.15, 0.2) is 18.2 Å². The van der Waals surface area contributed by atoms with Crippen molar-refractivity contribution < 1.29 is 19.5 Å². The summed E-state index contributed by atoms with van der Waals surface area (Å²) < 4.78 is 0. The molecule has 2 amide bonds. The summed E-state index contributed by atoms with van der Waals surface area (Å²) in [5.41, 5.74) is 0.184. The first-order valence-electron chi connectivity index (χ1n) is 7.97. The SMILES string of the molecule is CC1CC(C(=O)O)CN(C(=O)C(C)NC(=O)c2cccc(Cl)c2Cl)C1. The Morgan fingerprint density at radius 3 is 2.60 bits per heavy atom. The fraction of sp³-hybridized carbons (Fsp3) is 0.471. The maximum Gasteiger partial charge on any atom is 0.308 e. The predicted molar refractivity (Wildman–Crippen MR) is 94.9 cm³/mol. The first kappa shape index (κ1) is 19.5. The van der Waals surface area contributed by atoms with Gasteiger partial charge >= 0.3 is 5.97 Å². The van der Waals surface area contributed by atoms with Crippen LogP contribution in [0.2, 0.25) is 10.0 Å². The summed E-state index contributed by atoms with van der Waals surface area (Å²) in [5, 5.41) is 12.2. The van der Waals surface area contributed by atoms with Crippen molar-refractivity contribution in [3.8, 4) is 0 Å². The van der Waals surface area contributed by atoms with Crippen LogP contribution >= 0.6 is 23.2 Å². The van der Waals surface area contributed by atoms with Crippen LogP contribution in [0.1, 0.15) is 30.6 Å². The van der Waals surface area contributed by atoms with Gasteiger partial charge in [0, 0.05) is 13.1 Å². The van der Waals surface area contributed by atoms with E-state index < -0.39 is 23.8 Å². The molecule has 136 valence electrons. The van der Waals surface area contributed by atoms with Crippen LogP contribution in [0.5, 0.6) is 0 Å². The highest BCUT2D eigenvalue weighted by Crippen LogP contribution is 2.26. The number of aliphatic carboxylic acids is 1. The van der Waals surface area contributed by atoms with E-state index in [-0.39, 0.29) is 34.0 Å². The van der Waals surface area contributed by atoms with Gasteiger partial charge < -0.3 is 15.3 Å². The largest absolute Gasteiger partial charge is 0.481 e. The zero-order chi connectivity index (χ0) is 18.7. The molecule has 0 saturated carbocycles. The topological polar surface area (TPSA) is 86.7 Å². The van der Waals surface area contributed by atoms with Gasteiger partial charge in [0.25, 0.3) is 5.91 Å². The monoisotopic (exact) mass is 386 g/mol. The molecule has 1 fully saturated rings. The molecule has 2 N–H and O–H groups in total. The molecule has 1 aliphatic rings. The van der Waals surface area contributed by atoms with Crippen LogP contribution in [0.25, 0.3) is 0 Å². The number of halogens is 2. The maximum atomic E-state index is 12.6. The van der Waals surface area contributed by atoms with E-state index in [1.807, 2.05) is 6.92 Å². The first-order chi connectivity index (χ1) is 11.7. The molecule has 1 heterocycles. The van der Waals surface area contributed by atoms with Gasteiger partial charge in [-0.2, -0.15) is 0 Å². The third-order valence-corrected chi connectivity index (χ3v) is 5.05. The Labute approximate surface area is 156 Å². The number of carbonyl (C=O) groups excluding carboxylic acids is 2. The number of benzene rings is 1. The number of carboxylic acids is 1. The third-order valence-electron chi connectivity index (χ3n) is 4.23. The van der Waals surface area contributed by atoms with Crippen molar-refractivity contribution in [2.45, 2.75) is 26.3 Å². The van der Waals surface area contributed by atoms with E-state index in [2.05, 4.69) is 5.32 Å². The smallest absolute Gasteiger partial charge is 0.308 e. The normalized spacial score (nSPS) is 21.5. The lowest BCUT2D eigenvalue weighted by Gasteiger charge is -2.36. The van der Waals surface area contributed by atoms with Crippen LogP contribution < -0.4 is 5.32 Å². The molecule has 6 nitrogen and oxygen atoms in total. The van der Waals surface area contributed by atoms with Crippen molar-refractivity contribution in [3.63, 3.8) is 0 Å². The zero-order valence-electron chi connectivity index (χ0n) is 14.0. The van der Waals surface area contributed by atoms with Crippen molar-refractivity contribution in [1.82, 2.24) is 10.2 Å². The second-order valence-corrected chi connectivity index (χ2v) is 7.20. The Morgan fingerprint density at radius 2 is 1.96 bits per heavy atom.